The van der Waals surface area contributed by atoms with Gasteiger partial charge in [0.25, 0.3) is 5.91 Å². The molecular formula is C16H16N2O2. The van der Waals surface area contributed by atoms with E-state index in [1.807, 2.05) is 38.4 Å². The van der Waals surface area contributed by atoms with Crippen molar-refractivity contribution < 1.29 is 9.90 Å². The highest BCUT2D eigenvalue weighted by Gasteiger charge is 2.09. The van der Waals surface area contributed by atoms with Crippen LogP contribution in [-0.4, -0.2) is 22.2 Å². The van der Waals surface area contributed by atoms with E-state index < -0.39 is 0 Å². The Bertz CT molecular complexity index is 690. The van der Waals surface area contributed by atoms with Crippen LogP contribution in [0.25, 0.3) is 0 Å². The van der Waals surface area contributed by atoms with E-state index in [0.717, 1.165) is 11.1 Å². The molecule has 0 saturated heterocycles. The van der Waals surface area contributed by atoms with Crippen LogP contribution in [0.5, 0.6) is 0 Å². The Morgan fingerprint density at radius 2 is 2.20 bits per heavy atom. The van der Waals surface area contributed by atoms with Gasteiger partial charge >= 0.3 is 0 Å². The Kier molecular flexibility index (Phi) is 4.24. The van der Waals surface area contributed by atoms with E-state index >= 15 is 0 Å². The molecule has 20 heavy (non-hydrogen) atoms. The first-order valence-electron chi connectivity index (χ1n) is 6.24. The second-order valence-corrected chi connectivity index (χ2v) is 4.51. The fraction of sp³-hybridized carbons (Fsp3) is 0.188. The topological polar surface area (TPSA) is 54.3 Å². The summed E-state index contributed by atoms with van der Waals surface area (Å²) in [6, 6.07) is 9.16. The van der Waals surface area contributed by atoms with E-state index in [2.05, 4.69) is 17.2 Å². The second-order valence-electron chi connectivity index (χ2n) is 4.51. The van der Waals surface area contributed by atoms with Crippen molar-refractivity contribution in [1.82, 2.24) is 4.57 Å². The molecule has 2 aromatic rings. The lowest BCUT2D eigenvalue weighted by Gasteiger charge is -2.08. The number of aromatic nitrogens is 1. The highest BCUT2D eigenvalue weighted by molar-refractivity contribution is 6.03. The minimum Gasteiger partial charge on any atom is -0.384 e. The molecule has 1 amide bonds. The van der Waals surface area contributed by atoms with Gasteiger partial charge in [-0.15, -0.1) is 0 Å². The van der Waals surface area contributed by atoms with Gasteiger partial charge in [-0.2, -0.15) is 0 Å². The standard InChI is InChI=1S/C16H16N2O2/c1-12-9-13(5-4-8-19)11-14(10-12)17-16(20)15-6-3-7-18(15)2/h3,6-7,9-11,19H,8H2,1-2H3,(H,17,20). The highest BCUT2D eigenvalue weighted by Crippen LogP contribution is 2.15. The number of aryl methyl sites for hydroxylation is 2. The fourth-order valence-corrected chi connectivity index (χ4v) is 1.96. The van der Waals surface area contributed by atoms with Crippen molar-refractivity contribution in [2.24, 2.45) is 7.05 Å². The maximum absolute atomic E-state index is 12.1. The molecule has 4 heteroatoms. The SMILES string of the molecule is Cc1cc(C#CCO)cc(NC(=O)c2cccn2C)c1. The molecule has 0 atom stereocenters. The third kappa shape index (κ3) is 3.28. The van der Waals surface area contributed by atoms with E-state index in [0.29, 0.717) is 11.4 Å². The Morgan fingerprint density at radius 3 is 2.85 bits per heavy atom. The third-order valence-electron chi connectivity index (χ3n) is 2.82. The number of benzene rings is 1. The number of hydrogen-bond acceptors (Lipinski definition) is 2. The molecule has 0 aliphatic heterocycles. The number of amides is 1. The summed E-state index contributed by atoms with van der Waals surface area (Å²) in [5.41, 5.74) is 3.05. The molecule has 0 aliphatic rings. The Hall–Kier alpha value is -2.51. The molecule has 0 bridgehead atoms. The molecule has 0 radical (unpaired) electrons. The van der Waals surface area contributed by atoms with Crippen molar-refractivity contribution in [3.05, 3.63) is 53.3 Å². The van der Waals surface area contributed by atoms with Crippen LogP contribution in [0.1, 0.15) is 21.6 Å². The quantitative estimate of drug-likeness (QED) is 0.818. The van der Waals surface area contributed by atoms with Crippen LogP contribution >= 0.6 is 0 Å². The average Bonchev–Trinajstić information content (AvgIpc) is 2.82. The smallest absolute Gasteiger partial charge is 0.272 e. The number of aliphatic hydroxyl groups is 1. The van der Waals surface area contributed by atoms with Crippen molar-refractivity contribution in [2.75, 3.05) is 11.9 Å². The predicted octanol–water partition coefficient (Wildman–Crippen LogP) is 1.93. The van der Waals surface area contributed by atoms with Crippen LogP contribution in [0.4, 0.5) is 5.69 Å². The predicted molar refractivity (Wildman–Crippen MR) is 78.5 cm³/mol. The summed E-state index contributed by atoms with van der Waals surface area (Å²) in [4.78, 5) is 12.1. The first kappa shape index (κ1) is 13.9. The minimum atomic E-state index is -0.182. The molecule has 2 N–H and O–H groups in total. The molecule has 0 aliphatic carbocycles. The van der Waals surface area contributed by atoms with Crippen molar-refractivity contribution in [3.63, 3.8) is 0 Å². The van der Waals surface area contributed by atoms with Crippen LogP contribution in [-0.2, 0) is 7.05 Å². The van der Waals surface area contributed by atoms with E-state index in [4.69, 9.17) is 5.11 Å². The molecule has 1 aromatic heterocycles. The monoisotopic (exact) mass is 268 g/mol. The number of nitrogens with zero attached hydrogens (tertiary/aromatic N) is 1. The molecule has 4 nitrogen and oxygen atoms in total. The largest absolute Gasteiger partial charge is 0.384 e. The Morgan fingerprint density at radius 1 is 1.40 bits per heavy atom. The summed E-state index contributed by atoms with van der Waals surface area (Å²) in [6.07, 6.45) is 1.82. The van der Waals surface area contributed by atoms with Gasteiger partial charge in [-0.05, 0) is 42.8 Å². The number of carbonyl (C=O) groups is 1. The van der Waals surface area contributed by atoms with Crippen molar-refractivity contribution in [2.45, 2.75) is 6.92 Å². The molecule has 1 aromatic carbocycles. The normalized spacial score (nSPS) is 9.75. The highest BCUT2D eigenvalue weighted by atomic mass is 16.2. The van der Waals surface area contributed by atoms with Crippen molar-refractivity contribution in [1.29, 1.82) is 0 Å². The number of aliphatic hydroxyl groups excluding tert-OH is 1. The summed E-state index contributed by atoms with van der Waals surface area (Å²) >= 11 is 0. The van der Waals surface area contributed by atoms with Gasteiger partial charge < -0.3 is 15.0 Å². The van der Waals surface area contributed by atoms with Gasteiger partial charge in [0, 0.05) is 24.5 Å². The van der Waals surface area contributed by atoms with E-state index in [-0.39, 0.29) is 12.5 Å². The zero-order valence-corrected chi connectivity index (χ0v) is 11.5. The van der Waals surface area contributed by atoms with E-state index in [1.54, 1.807) is 16.7 Å². The van der Waals surface area contributed by atoms with Crippen LogP contribution in [0.3, 0.4) is 0 Å². The van der Waals surface area contributed by atoms with Gasteiger partial charge in [-0.25, -0.2) is 0 Å². The number of nitrogens with one attached hydrogen (secondary N) is 1. The number of carbonyl (C=O) groups excluding carboxylic acids is 1. The summed E-state index contributed by atoms with van der Waals surface area (Å²) < 4.78 is 1.76. The molecule has 0 spiro atoms. The van der Waals surface area contributed by atoms with Gasteiger partial charge in [-0.1, -0.05) is 11.8 Å². The summed E-state index contributed by atoms with van der Waals surface area (Å²) in [5.74, 6) is 5.27. The maximum Gasteiger partial charge on any atom is 0.272 e. The summed E-state index contributed by atoms with van der Waals surface area (Å²) in [5, 5.41) is 11.6. The average molecular weight is 268 g/mol. The minimum absolute atomic E-state index is 0.163. The van der Waals surface area contributed by atoms with Gasteiger partial charge in [0.15, 0.2) is 0 Å². The van der Waals surface area contributed by atoms with Crippen molar-refractivity contribution >= 4 is 11.6 Å². The molecular weight excluding hydrogens is 252 g/mol. The van der Waals surface area contributed by atoms with Gasteiger partial charge in [-0.3, -0.25) is 4.79 Å². The summed E-state index contributed by atoms with van der Waals surface area (Å²) in [6.45, 7) is 1.75. The number of rotatable bonds is 2. The van der Waals surface area contributed by atoms with Gasteiger partial charge in [0.2, 0.25) is 0 Å². The first-order valence-corrected chi connectivity index (χ1v) is 6.24. The third-order valence-corrected chi connectivity index (χ3v) is 2.82. The van der Waals surface area contributed by atoms with Crippen LogP contribution in [0.15, 0.2) is 36.5 Å². The van der Waals surface area contributed by atoms with Gasteiger partial charge in [0.05, 0.1) is 0 Å². The lowest BCUT2D eigenvalue weighted by molar-refractivity contribution is 0.101. The molecule has 2 rings (SSSR count). The van der Waals surface area contributed by atoms with E-state index in [1.165, 1.54) is 0 Å². The lowest BCUT2D eigenvalue weighted by atomic mass is 10.1. The second kappa shape index (κ2) is 6.09. The zero-order valence-electron chi connectivity index (χ0n) is 11.5. The summed E-state index contributed by atoms with van der Waals surface area (Å²) in [7, 11) is 1.82. The molecule has 102 valence electrons. The van der Waals surface area contributed by atoms with Crippen LogP contribution < -0.4 is 5.32 Å². The van der Waals surface area contributed by atoms with Crippen LogP contribution in [0.2, 0.25) is 0 Å². The van der Waals surface area contributed by atoms with Gasteiger partial charge in [0.1, 0.15) is 12.3 Å². The molecule has 0 saturated carbocycles. The lowest BCUT2D eigenvalue weighted by Crippen LogP contribution is -2.15. The van der Waals surface area contributed by atoms with Crippen LogP contribution in [0, 0.1) is 18.8 Å². The Labute approximate surface area is 118 Å². The maximum atomic E-state index is 12.1. The molecule has 0 unspecified atom stereocenters. The number of hydrogen-bond donors (Lipinski definition) is 2. The zero-order chi connectivity index (χ0) is 14.5. The first-order chi connectivity index (χ1) is 9.60. The molecule has 0 fully saturated rings. The van der Waals surface area contributed by atoms with E-state index in [9.17, 15) is 4.79 Å². The number of anilines is 1. The Balaban J connectivity index is 2.23. The fourth-order valence-electron chi connectivity index (χ4n) is 1.96. The molecule has 1 heterocycles. The van der Waals surface area contributed by atoms with Crippen molar-refractivity contribution in [3.8, 4) is 11.8 Å².